The number of piperazine rings is 1. The van der Waals surface area contributed by atoms with E-state index in [1.54, 1.807) is 29.5 Å². The molecule has 0 bridgehead atoms. The van der Waals surface area contributed by atoms with E-state index in [4.69, 9.17) is 4.42 Å². The predicted molar refractivity (Wildman–Crippen MR) is 100 cm³/mol. The first-order valence-corrected chi connectivity index (χ1v) is 8.85. The number of rotatable bonds is 5. The van der Waals surface area contributed by atoms with Crippen molar-refractivity contribution in [2.75, 3.05) is 36.4 Å². The van der Waals surface area contributed by atoms with Crippen LogP contribution in [-0.4, -0.2) is 52.2 Å². The Hall–Kier alpha value is -3.42. The van der Waals surface area contributed by atoms with Gasteiger partial charge in [-0.1, -0.05) is 6.07 Å². The third-order valence-corrected chi connectivity index (χ3v) is 4.45. The maximum Gasteiger partial charge on any atom is 0.274 e. The zero-order valence-corrected chi connectivity index (χ0v) is 14.8. The molecular formula is C19H20N6O2. The molecule has 4 rings (SSSR count). The van der Waals surface area contributed by atoms with Crippen molar-refractivity contribution >= 4 is 17.5 Å². The topological polar surface area (TPSA) is 87.4 Å². The average Bonchev–Trinajstić information content (AvgIpc) is 3.27. The molecule has 0 aliphatic carbocycles. The molecule has 4 heterocycles. The Kier molecular flexibility index (Phi) is 4.95. The van der Waals surface area contributed by atoms with Crippen LogP contribution in [-0.2, 0) is 6.54 Å². The molecule has 0 unspecified atom stereocenters. The van der Waals surface area contributed by atoms with Gasteiger partial charge < -0.3 is 19.5 Å². The highest BCUT2D eigenvalue weighted by Gasteiger charge is 2.23. The normalized spacial score (nSPS) is 14.2. The first-order chi connectivity index (χ1) is 13.3. The molecule has 1 amide bonds. The van der Waals surface area contributed by atoms with E-state index in [9.17, 15) is 4.79 Å². The minimum atomic E-state index is -0.0965. The van der Waals surface area contributed by atoms with Crippen molar-refractivity contribution in [2.24, 2.45) is 0 Å². The molecule has 138 valence electrons. The highest BCUT2D eigenvalue weighted by Crippen LogP contribution is 2.14. The highest BCUT2D eigenvalue weighted by molar-refractivity contribution is 5.92. The summed E-state index contributed by atoms with van der Waals surface area (Å²) in [7, 11) is 0. The summed E-state index contributed by atoms with van der Waals surface area (Å²) in [5, 5.41) is 11.3. The van der Waals surface area contributed by atoms with E-state index >= 15 is 0 Å². The van der Waals surface area contributed by atoms with Gasteiger partial charge in [-0.25, -0.2) is 4.98 Å². The van der Waals surface area contributed by atoms with Crippen LogP contribution < -0.4 is 10.2 Å². The number of nitrogens with zero attached hydrogens (tertiary/aromatic N) is 5. The summed E-state index contributed by atoms with van der Waals surface area (Å²) in [6, 6.07) is 13.0. The molecule has 27 heavy (non-hydrogen) atoms. The lowest BCUT2D eigenvalue weighted by molar-refractivity contribution is 0.0739. The van der Waals surface area contributed by atoms with Crippen LogP contribution in [0.5, 0.6) is 0 Å². The Balaban J connectivity index is 1.32. The van der Waals surface area contributed by atoms with E-state index in [0.29, 0.717) is 31.1 Å². The lowest BCUT2D eigenvalue weighted by Crippen LogP contribution is -2.49. The van der Waals surface area contributed by atoms with E-state index in [2.05, 4.69) is 25.4 Å². The van der Waals surface area contributed by atoms with Gasteiger partial charge >= 0.3 is 0 Å². The SMILES string of the molecule is O=C(c1ccc(NCc2ccco2)nn1)N1CCN(c2ccccn2)CC1. The predicted octanol–water partition coefficient (Wildman–Crippen LogP) is 2.04. The van der Waals surface area contributed by atoms with Crippen LogP contribution in [0.15, 0.2) is 59.3 Å². The zero-order chi connectivity index (χ0) is 18.5. The van der Waals surface area contributed by atoms with Gasteiger partial charge in [-0.05, 0) is 36.4 Å². The van der Waals surface area contributed by atoms with Gasteiger partial charge in [-0.15, -0.1) is 10.2 Å². The quantitative estimate of drug-likeness (QED) is 0.741. The number of anilines is 2. The lowest BCUT2D eigenvalue weighted by Gasteiger charge is -2.35. The van der Waals surface area contributed by atoms with Crippen molar-refractivity contribution in [3.05, 3.63) is 66.4 Å². The molecule has 1 aliphatic rings. The second-order valence-corrected chi connectivity index (χ2v) is 6.20. The summed E-state index contributed by atoms with van der Waals surface area (Å²) in [4.78, 5) is 21.0. The highest BCUT2D eigenvalue weighted by atomic mass is 16.3. The molecule has 0 saturated carbocycles. The molecule has 8 heteroatoms. The van der Waals surface area contributed by atoms with Gasteiger partial charge in [0.1, 0.15) is 17.4 Å². The summed E-state index contributed by atoms with van der Waals surface area (Å²) in [6.45, 7) is 3.29. The number of hydrogen-bond acceptors (Lipinski definition) is 7. The first kappa shape index (κ1) is 17.0. The fraction of sp³-hybridized carbons (Fsp3) is 0.263. The Bertz CT molecular complexity index is 859. The van der Waals surface area contributed by atoms with Crippen LogP contribution in [0.4, 0.5) is 11.6 Å². The molecule has 1 fully saturated rings. The number of hydrogen-bond donors (Lipinski definition) is 1. The minimum absolute atomic E-state index is 0.0965. The molecule has 0 radical (unpaired) electrons. The van der Waals surface area contributed by atoms with Crippen molar-refractivity contribution in [3.63, 3.8) is 0 Å². The molecule has 1 saturated heterocycles. The monoisotopic (exact) mass is 364 g/mol. The van der Waals surface area contributed by atoms with Gasteiger partial charge in [0, 0.05) is 32.4 Å². The number of nitrogens with one attached hydrogen (secondary N) is 1. The van der Waals surface area contributed by atoms with Crippen LogP contribution in [0.25, 0.3) is 0 Å². The van der Waals surface area contributed by atoms with Gasteiger partial charge in [-0.3, -0.25) is 4.79 Å². The molecule has 0 aromatic carbocycles. The van der Waals surface area contributed by atoms with Crippen molar-refractivity contribution in [1.82, 2.24) is 20.1 Å². The number of pyridine rings is 1. The number of amides is 1. The summed E-state index contributed by atoms with van der Waals surface area (Å²) in [6.07, 6.45) is 3.40. The van der Waals surface area contributed by atoms with E-state index in [-0.39, 0.29) is 5.91 Å². The summed E-state index contributed by atoms with van der Waals surface area (Å²) >= 11 is 0. The number of carbonyl (C=O) groups excluding carboxylic acids is 1. The van der Waals surface area contributed by atoms with Gasteiger partial charge in [0.05, 0.1) is 12.8 Å². The summed E-state index contributed by atoms with van der Waals surface area (Å²) in [5.41, 5.74) is 0.352. The maximum absolute atomic E-state index is 12.7. The fourth-order valence-electron chi connectivity index (χ4n) is 2.97. The fourth-order valence-corrected chi connectivity index (χ4v) is 2.97. The van der Waals surface area contributed by atoms with E-state index in [0.717, 1.165) is 24.7 Å². The second-order valence-electron chi connectivity index (χ2n) is 6.20. The lowest BCUT2D eigenvalue weighted by atomic mass is 10.2. The van der Waals surface area contributed by atoms with Gasteiger partial charge in [-0.2, -0.15) is 0 Å². The van der Waals surface area contributed by atoms with Gasteiger partial charge in [0.25, 0.3) is 5.91 Å². The Morgan fingerprint density at radius 2 is 1.93 bits per heavy atom. The van der Waals surface area contributed by atoms with E-state index < -0.39 is 0 Å². The van der Waals surface area contributed by atoms with Crippen LogP contribution in [0.2, 0.25) is 0 Å². The van der Waals surface area contributed by atoms with Crippen molar-refractivity contribution in [3.8, 4) is 0 Å². The molecule has 1 aliphatic heterocycles. The zero-order valence-electron chi connectivity index (χ0n) is 14.8. The third-order valence-electron chi connectivity index (χ3n) is 4.45. The minimum Gasteiger partial charge on any atom is -0.467 e. The molecular weight excluding hydrogens is 344 g/mol. The van der Waals surface area contributed by atoms with Crippen molar-refractivity contribution < 1.29 is 9.21 Å². The van der Waals surface area contributed by atoms with E-state index in [1.165, 1.54) is 0 Å². The third kappa shape index (κ3) is 4.05. The summed E-state index contributed by atoms with van der Waals surface area (Å²) < 4.78 is 5.26. The first-order valence-electron chi connectivity index (χ1n) is 8.85. The Morgan fingerprint density at radius 1 is 1.04 bits per heavy atom. The van der Waals surface area contributed by atoms with Crippen molar-refractivity contribution in [1.29, 1.82) is 0 Å². The largest absolute Gasteiger partial charge is 0.467 e. The molecule has 0 spiro atoms. The number of carbonyl (C=O) groups is 1. The van der Waals surface area contributed by atoms with Crippen LogP contribution in [0.1, 0.15) is 16.2 Å². The molecule has 3 aromatic rings. The molecule has 3 aromatic heterocycles. The Labute approximate surface area is 156 Å². The molecule has 8 nitrogen and oxygen atoms in total. The number of furan rings is 1. The van der Waals surface area contributed by atoms with Gasteiger partial charge in [0.2, 0.25) is 0 Å². The Morgan fingerprint density at radius 3 is 2.59 bits per heavy atom. The van der Waals surface area contributed by atoms with Crippen LogP contribution >= 0.6 is 0 Å². The average molecular weight is 364 g/mol. The molecule has 0 atom stereocenters. The second kappa shape index (κ2) is 7.86. The van der Waals surface area contributed by atoms with Crippen LogP contribution in [0, 0.1) is 0 Å². The number of aromatic nitrogens is 3. The summed E-state index contributed by atoms with van der Waals surface area (Å²) in [5.74, 6) is 2.25. The standard InChI is InChI=1S/C19H20N6O2/c26-19(25-11-9-24(10-12-25)18-5-1-2-8-20-18)16-6-7-17(23-22-16)21-14-15-4-3-13-27-15/h1-8,13H,9-12,14H2,(H,21,23). The molecule has 1 N–H and O–H groups in total. The smallest absolute Gasteiger partial charge is 0.274 e. The van der Waals surface area contributed by atoms with E-state index in [1.807, 2.05) is 30.3 Å². The maximum atomic E-state index is 12.7. The van der Waals surface area contributed by atoms with Gasteiger partial charge in [0.15, 0.2) is 5.69 Å². The van der Waals surface area contributed by atoms with Crippen LogP contribution in [0.3, 0.4) is 0 Å². The van der Waals surface area contributed by atoms with Crippen molar-refractivity contribution in [2.45, 2.75) is 6.54 Å².